The molecule has 1 aliphatic rings. The number of hydrogen-bond donors (Lipinski definition) is 1. The molecule has 1 aliphatic carbocycles. The number of nitro groups is 1. The van der Waals surface area contributed by atoms with Crippen molar-refractivity contribution in [3.05, 3.63) is 39.9 Å². The first-order chi connectivity index (χ1) is 12.1. The second-order valence-electron chi connectivity index (χ2n) is 6.75. The van der Waals surface area contributed by atoms with Crippen molar-refractivity contribution in [3.63, 3.8) is 0 Å². The predicted octanol–water partition coefficient (Wildman–Crippen LogP) is 4.09. The maximum absolute atomic E-state index is 12.0. The standard InChI is InChI=1S/C19H28N2O4/c1-2-17(20-13-12-15-6-4-3-5-7-15)14-25-19(22)16-8-10-18(11-9-16)21(23)24/h8-11,15,17,20H,2-7,12-14H2,1H3/t17-/m1/s1. The smallest absolute Gasteiger partial charge is 0.338 e. The Bertz CT molecular complexity index is 553. The summed E-state index contributed by atoms with van der Waals surface area (Å²) in [6.07, 6.45) is 8.84. The van der Waals surface area contributed by atoms with E-state index in [9.17, 15) is 14.9 Å². The Kier molecular flexibility index (Phi) is 7.85. The first-order valence-electron chi connectivity index (χ1n) is 9.25. The van der Waals surface area contributed by atoms with Gasteiger partial charge in [0.05, 0.1) is 10.5 Å². The monoisotopic (exact) mass is 348 g/mol. The Morgan fingerprint density at radius 2 is 1.96 bits per heavy atom. The van der Waals surface area contributed by atoms with Crippen molar-refractivity contribution < 1.29 is 14.5 Å². The second-order valence-corrected chi connectivity index (χ2v) is 6.75. The number of ether oxygens (including phenoxy) is 1. The third-order valence-electron chi connectivity index (χ3n) is 4.93. The van der Waals surface area contributed by atoms with Crippen molar-refractivity contribution in [3.8, 4) is 0 Å². The zero-order valence-electron chi connectivity index (χ0n) is 14.9. The number of nitrogens with one attached hydrogen (secondary N) is 1. The molecule has 0 unspecified atom stereocenters. The second kappa shape index (κ2) is 10.1. The third-order valence-corrected chi connectivity index (χ3v) is 4.93. The van der Waals surface area contributed by atoms with Crippen LogP contribution in [-0.2, 0) is 4.74 Å². The van der Waals surface area contributed by atoms with E-state index in [1.807, 2.05) is 0 Å². The van der Waals surface area contributed by atoms with Gasteiger partial charge in [0.1, 0.15) is 6.61 Å². The number of nitrogens with zero attached hydrogens (tertiary/aromatic N) is 1. The van der Waals surface area contributed by atoms with Crippen molar-refractivity contribution in [2.45, 2.75) is 57.9 Å². The van der Waals surface area contributed by atoms with Gasteiger partial charge < -0.3 is 10.1 Å². The fraction of sp³-hybridized carbons (Fsp3) is 0.632. The van der Waals surface area contributed by atoms with Gasteiger partial charge in [0, 0.05) is 18.2 Å². The van der Waals surface area contributed by atoms with Crippen LogP contribution in [0.4, 0.5) is 5.69 Å². The Morgan fingerprint density at radius 1 is 1.28 bits per heavy atom. The molecule has 0 aromatic heterocycles. The number of nitro benzene ring substituents is 1. The number of non-ortho nitro benzene ring substituents is 1. The molecular formula is C19H28N2O4. The normalized spacial score (nSPS) is 16.4. The van der Waals surface area contributed by atoms with Crippen LogP contribution in [0.5, 0.6) is 0 Å². The molecule has 2 rings (SSSR count). The van der Waals surface area contributed by atoms with E-state index in [1.54, 1.807) is 0 Å². The van der Waals surface area contributed by atoms with Crippen LogP contribution >= 0.6 is 0 Å². The summed E-state index contributed by atoms with van der Waals surface area (Å²) < 4.78 is 5.35. The van der Waals surface area contributed by atoms with Crippen LogP contribution in [0.25, 0.3) is 0 Å². The highest BCUT2D eigenvalue weighted by Gasteiger charge is 2.16. The van der Waals surface area contributed by atoms with E-state index in [4.69, 9.17) is 4.74 Å². The van der Waals surface area contributed by atoms with Crippen LogP contribution in [0.1, 0.15) is 62.2 Å². The number of hydrogen-bond acceptors (Lipinski definition) is 5. The highest BCUT2D eigenvalue weighted by Crippen LogP contribution is 2.25. The van der Waals surface area contributed by atoms with Crippen LogP contribution in [0, 0.1) is 16.0 Å². The van der Waals surface area contributed by atoms with Gasteiger partial charge in [0.2, 0.25) is 0 Å². The van der Waals surface area contributed by atoms with E-state index in [0.717, 1.165) is 18.9 Å². The van der Waals surface area contributed by atoms with E-state index in [0.29, 0.717) is 12.2 Å². The third kappa shape index (κ3) is 6.46. The summed E-state index contributed by atoms with van der Waals surface area (Å²) in [5.41, 5.74) is 0.301. The molecule has 6 nitrogen and oxygen atoms in total. The molecule has 1 N–H and O–H groups in total. The van der Waals surface area contributed by atoms with Crippen molar-refractivity contribution in [2.24, 2.45) is 5.92 Å². The van der Waals surface area contributed by atoms with Gasteiger partial charge in [-0.15, -0.1) is 0 Å². The molecule has 0 radical (unpaired) electrons. The number of esters is 1. The van der Waals surface area contributed by atoms with E-state index < -0.39 is 10.9 Å². The minimum atomic E-state index is -0.488. The zero-order valence-corrected chi connectivity index (χ0v) is 14.9. The summed E-state index contributed by atoms with van der Waals surface area (Å²) >= 11 is 0. The number of rotatable bonds is 9. The van der Waals surface area contributed by atoms with Gasteiger partial charge in [-0.2, -0.15) is 0 Å². The summed E-state index contributed by atoms with van der Waals surface area (Å²) in [5.74, 6) is 0.392. The fourth-order valence-electron chi connectivity index (χ4n) is 3.27. The average molecular weight is 348 g/mol. The average Bonchev–Trinajstić information content (AvgIpc) is 2.65. The van der Waals surface area contributed by atoms with Crippen LogP contribution in [0.15, 0.2) is 24.3 Å². The van der Waals surface area contributed by atoms with Crippen LogP contribution in [-0.4, -0.2) is 30.1 Å². The number of carbonyl (C=O) groups is 1. The number of carbonyl (C=O) groups excluding carboxylic acids is 1. The molecule has 1 saturated carbocycles. The largest absolute Gasteiger partial charge is 0.460 e. The molecule has 25 heavy (non-hydrogen) atoms. The van der Waals surface area contributed by atoms with Crippen LogP contribution in [0.3, 0.4) is 0 Å². The summed E-state index contributed by atoms with van der Waals surface area (Å²) in [6.45, 7) is 3.34. The Balaban J connectivity index is 1.71. The lowest BCUT2D eigenvalue weighted by Gasteiger charge is -2.23. The molecule has 1 aromatic rings. The van der Waals surface area contributed by atoms with Gasteiger partial charge in [0.25, 0.3) is 5.69 Å². The molecule has 1 aromatic carbocycles. The summed E-state index contributed by atoms with van der Waals surface area (Å²) in [4.78, 5) is 22.2. The Hall–Kier alpha value is -1.95. The lowest BCUT2D eigenvalue weighted by molar-refractivity contribution is -0.384. The van der Waals surface area contributed by atoms with Gasteiger partial charge in [-0.3, -0.25) is 10.1 Å². The maximum Gasteiger partial charge on any atom is 0.338 e. The van der Waals surface area contributed by atoms with Crippen LogP contribution < -0.4 is 5.32 Å². The Morgan fingerprint density at radius 3 is 2.56 bits per heavy atom. The van der Waals surface area contributed by atoms with Gasteiger partial charge in [0.15, 0.2) is 0 Å². The van der Waals surface area contributed by atoms with Gasteiger partial charge in [-0.25, -0.2) is 4.79 Å². The highest BCUT2D eigenvalue weighted by atomic mass is 16.6. The first kappa shape index (κ1) is 19.4. The molecule has 1 atom stereocenters. The first-order valence-corrected chi connectivity index (χ1v) is 9.25. The van der Waals surface area contributed by atoms with Crippen molar-refractivity contribution in [1.82, 2.24) is 5.32 Å². The van der Waals surface area contributed by atoms with Crippen LogP contribution in [0.2, 0.25) is 0 Å². The van der Waals surface area contributed by atoms with Gasteiger partial charge in [-0.05, 0) is 37.4 Å². The minimum absolute atomic E-state index is 0.0348. The molecule has 1 fully saturated rings. The molecule has 0 amide bonds. The van der Waals surface area contributed by atoms with Gasteiger partial charge in [-0.1, -0.05) is 39.0 Å². The zero-order chi connectivity index (χ0) is 18.1. The molecule has 138 valence electrons. The van der Waals surface area contributed by atoms with E-state index in [2.05, 4.69) is 12.2 Å². The molecule has 0 saturated heterocycles. The minimum Gasteiger partial charge on any atom is -0.460 e. The topological polar surface area (TPSA) is 81.5 Å². The molecule has 0 aliphatic heterocycles. The predicted molar refractivity (Wildman–Crippen MR) is 96.7 cm³/mol. The van der Waals surface area contributed by atoms with Crippen molar-refractivity contribution in [1.29, 1.82) is 0 Å². The quantitative estimate of drug-likeness (QED) is 0.413. The molecular weight excluding hydrogens is 320 g/mol. The van der Waals surface area contributed by atoms with E-state index in [1.165, 1.54) is 62.8 Å². The lowest BCUT2D eigenvalue weighted by atomic mass is 9.87. The lowest BCUT2D eigenvalue weighted by Crippen LogP contribution is -2.35. The molecule has 0 bridgehead atoms. The maximum atomic E-state index is 12.0. The SMILES string of the molecule is CC[C@H](COC(=O)c1ccc([N+](=O)[O-])cc1)NCCC1CCCCC1. The highest BCUT2D eigenvalue weighted by molar-refractivity contribution is 5.89. The summed E-state index contributed by atoms with van der Waals surface area (Å²) in [6, 6.07) is 5.63. The summed E-state index contributed by atoms with van der Waals surface area (Å²) in [7, 11) is 0. The summed E-state index contributed by atoms with van der Waals surface area (Å²) in [5, 5.41) is 14.1. The molecule has 6 heteroatoms. The van der Waals surface area contributed by atoms with Crippen molar-refractivity contribution >= 4 is 11.7 Å². The van der Waals surface area contributed by atoms with E-state index in [-0.39, 0.29) is 11.7 Å². The van der Waals surface area contributed by atoms with Gasteiger partial charge >= 0.3 is 5.97 Å². The molecule has 0 heterocycles. The van der Waals surface area contributed by atoms with Crippen molar-refractivity contribution in [2.75, 3.05) is 13.2 Å². The molecule has 0 spiro atoms. The fourth-order valence-corrected chi connectivity index (χ4v) is 3.27. The van der Waals surface area contributed by atoms with E-state index >= 15 is 0 Å². The Labute approximate surface area is 149 Å². The number of benzene rings is 1.